The Morgan fingerprint density at radius 1 is 0.649 bits per heavy atom. The third-order valence-corrected chi connectivity index (χ3v) is 10.4. The minimum atomic E-state index is -1.28. The van der Waals surface area contributed by atoms with E-state index in [4.69, 9.17) is 61.0 Å². The summed E-state index contributed by atoms with van der Waals surface area (Å²) in [6.07, 6.45) is 2.66. The highest BCUT2D eigenvalue weighted by Crippen LogP contribution is 2.31. The predicted molar refractivity (Wildman–Crippen MR) is 213 cm³/mol. The van der Waals surface area contributed by atoms with Crippen LogP contribution in [0.2, 0.25) is 20.1 Å². The Bertz CT molecular complexity index is 2270. The maximum Gasteiger partial charge on any atom is 0.356 e. The van der Waals surface area contributed by atoms with Gasteiger partial charge in [-0.1, -0.05) is 88.9 Å². The molecule has 6 rings (SSSR count). The first kappa shape index (κ1) is 42.9. The molecule has 1 fully saturated rings. The number of hydrogen-bond donors (Lipinski definition) is 4. The number of amides is 2. The molecule has 5 aromatic rings. The molecule has 14 nitrogen and oxygen atoms in total. The Kier molecular flexibility index (Phi) is 14.5. The van der Waals surface area contributed by atoms with Gasteiger partial charge >= 0.3 is 11.9 Å². The summed E-state index contributed by atoms with van der Waals surface area (Å²) in [6, 6.07) is 20.0. The minimum Gasteiger partial charge on any atom is -0.486 e. The molecule has 1 saturated heterocycles. The standard InChI is InChI=1S/C25H26Cl2N4O4.C14H11Cl2NO5/c1-29-15-19(24(32)28-34)23(35-16-18-7-8-20(26)21(27)13-18)22(29)25(33)31-11-9-30(10-12-31)14-17-5-3-2-4-6-17;1-17-5-8(13(18)19)12(11(17)14(20)21)22-6-7-2-3-9(15)10(16)4-7/h2-8,13,15,34H,9-12,14,16H2,1H3,(H,28,32);2-5H,6H2,1H3,(H,18,19)(H,20,21). The number of carbonyl (C=O) groups is 4. The van der Waals surface area contributed by atoms with Crippen LogP contribution in [0.1, 0.15) is 58.4 Å². The number of hydrogen-bond acceptors (Lipinski definition) is 8. The molecule has 0 unspecified atom stereocenters. The molecule has 0 atom stereocenters. The molecule has 18 heteroatoms. The van der Waals surface area contributed by atoms with E-state index in [0.717, 1.165) is 19.6 Å². The van der Waals surface area contributed by atoms with Gasteiger partial charge in [0.25, 0.3) is 11.8 Å². The van der Waals surface area contributed by atoms with Gasteiger partial charge in [0.1, 0.15) is 30.0 Å². The van der Waals surface area contributed by atoms with E-state index < -0.39 is 17.8 Å². The highest BCUT2D eigenvalue weighted by atomic mass is 35.5. The smallest absolute Gasteiger partial charge is 0.356 e. The van der Waals surface area contributed by atoms with Gasteiger partial charge in [0.2, 0.25) is 0 Å². The molecule has 3 heterocycles. The highest BCUT2D eigenvalue weighted by molar-refractivity contribution is 6.42. The van der Waals surface area contributed by atoms with Crippen molar-refractivity contribution in [2.75, 3.05) is 26.2 Å². The van der Waals surface area contributed by atoms with Crippen molar-refractivity contribution in [2.45, 2.75) is 19.8 Å². The van der Waals surface area contributed by atoms with Crippen molar-refractivity contribution >= 4 is 70.2 Å². The zero-order valence-corrected chi connectivity index (χ0v) is 33.6. The summed E-state index contributed by atoms with van der Waals surface area (Å²) in [6.45, 7) is 3.39. The Balaban J connectivity index is 0.000000242. The van der Waals surface area contributed by atoms with Crippen LogP contribution in [-0.2, 0) is 33.9 Å². The molecule has 0 aliphatic carbocycles. The zero-order valence-electron chi connectivity index (χ0n) is 30.5. The molecule has 300 valence electrons. The number of piperazine rings is 1. The predicted octanol–water partition coefficient (Wildman–Crippen LogP) is 7.30. The average Bonchev–Trinajstić information content (AvgIpc) is 3.71. The first-order chi connectivity index (χ1) is 27.2. The fraction of sp³-hybridized carbons (Fsp3) is 0.231. The number of halogens is 4. The lowest BCUT2D eigenvalue weighted by Crippen LogP contribution is -2.48. The third-order valence-electron chi connectivity index (χ3n) is 8.89. The van der Waals surface area contributed by atoms with E-state index in [1.54, 1.807) is 58.4 Å². The molecular formula is C39H37Cl4N5O9. The average molecular weight is 862 g/mol. The van der Waals surface area contributed by atoms with Crippen LogP contribution < -0.4 is 15.0 Å². The fourth-order valence-electron chi connectivity index (χ4n) is 6.04. The lowest BCUT2D eigenvalue weighted by molar-refractivity contribution is 0.0612. The van der Waals surface area contributed by atoms with Crippen LogP contribution in [0.25, 0.3) is 0 Å². The van der Waals surface area contributed by atoms with Crippen LogP contribution in [-0.4, -0.2) is 84.3 Å². The maximum absolute atomic E-state index is 13.5. The van der Waals surface area contributed by atoms with E-state index in [-0.39, 0.29) is 53.1 Å². The molecule has 0 bridgehead atoms. The molecule has 3 aromatic carbocycles. The van der Waals surface area contributed by atoms with E-state index in [0.29, 0.717) is 44.3 Å². The van der Waals surface area contributed by atoms with E-state index in [2.05, 4.69) is 17.0 Å². The van der Waals surface area contributed by atoms with Crippen LogP contribution in [0.5, 0.6) is 11.5 Å². The molecule has 0 radical (unpaired) electrons. The molecule has 0 spiro atoms. The number of benzene rings is 3. The van der Waals surface area contributed by atoms with E-state index in [1.807, 2.05) is 18.2 Å². The fourth-order valence-corrected chi connectivity index (χ4v) is 6.68. The second-order valence-electron chi connectivity index (χ2n) is 12.8. The Hall–Kier alpha value is -5.22. The van der Waals surface area contributed by atoms with E-state index in [1.165, 1.54) is 29.6 Å². The van der Waals surface area contributed by atoms with Gasteiger partial charge < -0.3 is 33.7 Å². The lowest BCUT2D eigenvalue weighted by atomic mass is 10.2. The Morgan fingerprint density at radius 2 is 1.16 bits per heavy atom. The molecule has 0 saturated carbocycles. The second kappa shape index (κ2) is 19.3. The molecule has 2 amide bonds. The van der Waals surface area contributed by atoms with Crippen molar-refractivity contribution in [2.24, 2.45) is 14.1 Å². The molecule has 1 aliphatic heterocycles. The number of nitrogens with one attached hydrogen (secondary N) is 1. The number of nitrogens with zero attached hydrogens (tertiary/aromatic N) is 4. The van der Waals surface area contributed by atoms with Gasteiger partial charge in [-0.15, -0.1) is 0 Å². The number of carboxylic acid groups (broad SMARTS) is 2. The quantitative estimate of drug-likeness (QED) is 0.0736. The van der Waals surface area contributed by atoms with Crippen LogP contribution in [0.3, 0.4) is 0 Å². The van der Waals surface area contributed by atoms with Crippen molar-refractivity contribution in [1.82, 2.24) is 24.4 Å². The van der Waals surface area contributed by atoms with E-state index in [9.17, 15) is 29.5 Å². The van der Waals surface area contributed by atoms with Gasteiger partial charge in [-0.2, -0.15) is 0 Å². The summed E-state index contributed by atoms with van der Waals surface area (Å²) in [7, 11) is 3.10. The van der Waals surface area contributed by atoms with Gasteiger partial charge in [0, 0.05) is 59.2 Å². The van der Waals surface area contributed by atoms with Gasteiger partial charge in [-0.05, 0) is 41.0 Å². The summed E-state index contributed by atoms with van der Waals surface area (Å²) in [5.41, 5.74) is 4.03. The summed E-state index contributed by atoms with van der Waals surface area (Å²) in [5.74, 6) is -3.66. The number of carboxylic acids is 2. The number of carbonyl (C=O) groups excluding carboxylic acids is 2. The topological polar surface area (TPSA) is 176 Å². The van der Waals surface area contributed by atoms with Gasteiger partial charge in [0.15, 0.2) is 17.2 Å². The number of hydroxylamine groups is 1. The monoisotopic (exact) mass is 859 g/mol. The van der Waals surface area contributed by atoms with Crippen LogP contribution in [0.4, 0.5) is 0 Å². The van der Waals surface area contributed by atoms with Crippen LogP contribution >= 0.6 is 46.4 Å². The van der Waals surface area contributed by atoms with E-state index >= 15 is 0 Å². The zero-order chi connectivity index (χ0) is 41.4. The van der Waals surface area contributed by atoms with Crippen molar-refractivity contribution < 1.29 is 44.1 Å². The first-order valence-electron chi connectivity index (χ1n) is 17.2. The SMILES string of the molecule is Cn1cc(C(=O)NO)c(OCc2ccc(Cl)c(Cl)c2)c1C(=O)N1CCN(Cc2ccccc2)CC1.Cn1cc(C(=O)O)c(OCc2ccc(Cl)c(Cl)c2)c1C(=O)O. The second-order valence-corrected chi connectivity index (χ2v) is 14.5. The molecule has 2 aromatic heterocycles. The maximum atomic E-state index is 13.5. The lowest BCUT2D eigenvalue weighted by Gasteiger charge is -2.35. The minimum absolute atomic E-state index is 0.0402. The van der Waals surface area contributed by atoms with Crippen LogP contribution in [0.15, 0.2) is 79.1 Å². The van der Waals surface area contributed by atoms with Gasteiger partial charge in [-0.3, -0.25) is 19.7 Å². The molecule has 1 aliphatic rings. The molecule has 4 N–H and O–H groups in total. The Morgan fingerprint density at radius 3 is 1.65 bits per heavy atom. The van der Waals surface area contributed by atoms with Crippen molar-refractivity contribution in [1.29, 1.82) is 0 Å². The number of aryl methyl sites for hydroxylation is 2. The number of rotatable bonds is 12. The molecule has 57 heavy (non-hydrogen) atoms. The summed E-state index contributed by atoms with van der Waals surface area (Å²) < 4.78 is 14.1. The van der Waals surface area contributed by atoms with Crippen LogP contribution in [0, 0.1) is 0 Å². The molecular weight excluding hydrogens is 824 g/mol. The van der Waals surface area contributed by atoms with Crippen molar-refractivity contribution in [3.05, 3.63) is 138 Å². The number of ether oxygens (including phenoxy) is 2. The Labute approximate surface area is 347 Å². The van der Waals surface area contributed by atoms with Crippen molar-refractivity contribution in [3.8, 4) is 11.5 Å². The summed E-state index contributed by atoms with van der Waals surface area (Å²) in [4.78, 5) is 52.3. The largest absolute Gasteiger partial charge is 0.486 e. The summed E-state index contributed by atoms with van der Waals surface area (Å²) >= 11 is 23.8. The van der Waals surface area contributed by atoms with Gasteiger partial charge in [0.05, 0.1) is 20.1 Å². The van der Waals surface area contributed by atoms with Gasteiger partial charge in [-0.25, -0.2) is 15.1 Å². The normalized spacial score (nSPS) is 12.7. The third kappa shape index (κ3) is 10.6. The highest BCUT2D eigenvalue weighted by Gasteiger charge is 2.31. The number of aromatic carboxylic acids is 2. The first-order valence-corrected chi connectivity index (χ1v) is 18.7. The van der Waals surface area contributed by atoms with Crippen molar-refractivity contribution in [3.63, 3.8) is 0 Å². The number of aromatic nitrogens is 2. The summed E-state index contributed by atoms with van der Waals surface area (Å²) in [5, 5.41) is 29.0.